The lowest BCUT2D eigenvalue weighted by Gasteiger charge is -2.17. The van der Waals surface area contributed by atoms with Gasteiger partial charge >= 0.3 is 0 Å². The van der Waals surface area contributed by atoms with Crippen LogP contribution in [-0.4, -0.2) is 13.0 Å². The number of carbonyl (C=O) groups excluding carboxylic acids is 1. The fourth-order valence-corrected chi connectivity index (χ4v) is 2.07. The van der Waals surface area contributed by atoms with E-state index in [0.29, 0.717) is 16.8 Å². The summed E-state index contributed by atoms with van der Waals surface area (Å²) >= 11 is 0. The fourth-order valence-electron chi connectivity index (χ4n) is 2.07. The highest BCUT2D eigenvalue weighted by atomic mass is 19.1. The van der Waals surface area contributed by atoms with E-state index in [4.69, 9.17) is 0 Å². The average molecular weight is 290 g/mol. The molecule has 2 N–H and O–H groups in total. The van der Waals surface area contributed by atoms with E-state index in [-0.39, 0.29) is 11.9 Å². The van der Waals surface area contributed by atoms with Crippen molar-refractivity contribution < 1.29 is 13.6 Å². The molecule has 0 radical (unpaired) electrons. The van der Waals surface area contributed by atoms with Gasteiger partial charge in [-0.3, -0.25) is 4.79 Å². The number of amides is 1. The van der Waals surface area contributed by atoms with Crippen LogP contribution in [0, 0.1) is 11.6 Å². The molecule has 2 aromatic rings. The largest absolute Gasteiger partial charge is 0.378 e. The summed E-state index contributed by atoms with van der Waals surface area (Å²) in [5.41, 5.74) is 1.56. The SMILES string of the molecule is CNC(=O)c1cccc(NC(C)c2ccc(F)cc2F)c1. The van der Waals surface area contributed by atoms with Crippen molar-refractivity contribution in [2.75, 3.05) is 12.4 Å². The molecule has 5 heteroatoms. The van der Waals surface area contributed by atoms with Crippen LogP contribution in [-0.2, 0) is 0 Å². The summed E-state index contributed by atoms with van der Waals surface area (Å²) in [5.74, 6) is -1.40. The van der Waals surface area contributed by atoms with Gasteiger partial charge in [0.1, 0.15) is 11.6 Å². The van der Waals surface area contributed by atoms with Crippen molar-refractivity contribution >= 4 is 11.6 Å². The molecule has 0 aromatic heterocycles. The van der Waals surface area contributed by atoms with Gasteiger partial charge in [0.25, 0.3) is 5.91 Å². The molecule has 0 saturated carbocycles. The summed E-state index contributed by atoms with van der Waals surface area (Å²) in [4.78, 5) is 11.6. The zero-order chi connectivity index (χ0) is 15.4. The van der Waals surface area contributed by atoms with E-state index in [1.807, 2.05) is 0 Å². The highest BCUT2D eigenvalue weighted by Gasteiger charge is 2.12. The molecular formula is C16H16F2N2O. The van der Waals surface area contributed by atoms with E-state index in [0.717, 1.165) is 6.07 Å². The lowest BCUT2D eigenvalue weighted by Crippen LogP contribution is -2.18. The molecule has 1 amide bonds. The number of benzene rings is 2. The zero-order valence-electron chi connectivity index (χ0n) is 11.8. The number of hydrogen-bond acceptors (Lipinski definition) is 2. The molecule has 0 bridgehead atoms. The minimum absolute atomic E-state index is 0.195. The fraction of sp³-hybridized carbons (Fsp3) is 0.188. The van der Waals surface area contributed by atoms with Crippen LogP contribution < -0.4 is 10.6 Å². The Kier molecular flexibility index (Phi) is 4.52. The second-order valence-electron chi connectivity index (χ2n) is 4.69. The van der Waals surface area contributed by atoms with Crippen molar-refractivity contribution in [1.82, 2.24) is 5.32 Å². The maximum Gasteiger partial charge on any atom is 0.251 e. The van der Waals surface area contributed by atoms with Crippen LogP contribution in [0.5, 0.6) is 0 Å². The Morgan fingerprint density at radius 3 is 2.57 bits per heavy atom. The first-order valence-corrected chi connectivity index (χ1v) is 6.55. The average Bonchev–Trinajstić information content (AvgIpc) is 2.46. The van der Waals surface area contributed by atoms with Crippen LogP contribution in [0.25, 0.3) is 0 Å². The first kappa shape index (κ1) is 15.0. The summed E-state index contributed by atoms with van der Waals surface area (Å²) in [6.45, 7) is 1.77. The molecule has 0 fully saturated rings. The molecule has 0 heterocycles. The topological polar surface area (TPSA) is 41.1 Å². The summed E-state index contributed by atoms with van der Waals surface area (Å²) < 4.78 is 26.6. The maximum atomic E-state index is 13.7. The highest BCUT2D eigenvalue weighted by Crippen LogP contribution is 2.22. The van der Waals surface area contributed by atoms with Gasteiger partial charge in [0.15, 0.2) is 0 Å². The number of anilines is 1. The third-order valence-electron chi connectivity index (χ3n) is 3.16. The molecule has 21 heavy (non-hydrogen) atoms. The molecule has 0 aliphatic rings. The Morgan fingerprint density at radius 1 is 1.14 bits per heavy atom. The van der Waals surface area contributed by atoms with Crippen molar-refractivity contribution in [3.63, 3.8) is 0 Å². The first-order valence-electron chi connectivity index (χ1n) is 6.55. The number of nitrogens with one attached hydrogen (secondary N) is 2. The Bertz CT molecular complexity index is 658. The van der Waals surface area contributed by atoms with Gasteiger partial charge in [-0.15, -0.1) is 0 Å². The predicted octanol–water partition coefficient (Wildman–Crippen LogP) is 3.50. The Hall–Kier alpha value is -2.43. The molecule has 2 aromatic carbocycles. The molecule has 110 valence electrons. The Labute approximate surface area is 122 Å². The molecule has 0 spiro atoms. The van der Waals surface area contributed by atoms with Gasteiger partial charge < -0.3 is 10.6 Å². The van der Waals surface area contributed by atoms with E-state index >= 15 is 0 Å². The molecule has 3 nitrogen and oxygen atoms in total. The predicted molar refractivity (Wildman–Crippen MR) is 78.2 cm³/mol. The maximum absolute atomic E-state index is 13.7. The molecule has 0 aliphatic carbocycles. The van der Waals surface area contributed by atoms with Crippen LogP contribution in [0.1, 0.15) is 28.9 Å². The van der Waals surface area contributed by atoms with E-state index in [2.05, 4.69) is 10.6 Å². The number of carbonyl (C=O) groups is 1. The molecular weight excluding hydrogens is 274 g/mol. The van der Waals surface area contributed by atoms with Crippen molar-refractivity contribution in [2.24, 2.45) is 0 Å². The quantitative estimate of drug-likeness (QED) is 0.905. The third-order valence-corrected chi connectivity index (χ3v) is 3.16. The van der Waals surface area contributed by atoms with Crippen molar-refractivity contribution in [3.05, 3.63) is 65.2 Å². The lowest BCUT2D eigenvalue weighted by atomic mass is 10.1. The van der Waals surface area contributed by atoms with Gasteiger partial charge in [-0.25, -0.2) is 8.78 Å². The highest BCUT2D eigenvalue weighted by molar-refractivity contribution is 5.94. The third kappa shape index (κ3) is 3.56. The first-order chi connectivity index (χ1) is 10.0. The van der Waals surface area contributed by atoms with E-state index in [1.54, 1.807) is 38.2 Å². The minimum atomic E-state index is -0.606. The van der Waals surface area contributed by atoms with Crippen LogP contribution in [0.2, 0.25) is 0 Å². The van der Waals surface area contributed by atoms with Gasteiger partial charge in [0.2, 0.25) is 0 Å². The molecule has 0 saturated heterocycles. The van der Waals surface area contributed by atoms with Gasteiger partial charge in [0.05, 0.1) is 6.04 Å². The second kappa shape index (κ2) is 6.35. The van der Waals surface area contributed by atoms with Gasteiger partial charge in [-0.2, -0.15) is 0 Å². The Morgan fingerprint density at radius 2 is 1.90 bits per heavy atom. The minimum Gasteiger partial charge on any atom is -0.378 e. The van der Waals surface area contributed by atoms with Crippen LogP contribution in [0.3, 0.4) is 0 Å². The smallest absolute Gasteiger partial charge is 0.251 e. The van der Waals surface area contributed by atoms with Gasteiger partial charge in [-0.05, 0) is 31.2 Å². The van der Waals surface area contributed by atoms with E-state index in [1.165, 1.54) is 12.1 Å². The summed E-state index contributed by atoms with van der Waals surface area (Å²) in [6, 6.07) is 10.0. The van der Waals surface area contributed by atoms with Gasteiger partial charge in [0, 0.05) is 29.9 Å². The molecule has 2 rings (SSSR count). The van der Waals surface area contributed by atoms with E-state index < -0.39 is 11.6 Å². The van der Waals surface area contributed by atoms with E-state index in [9.17, 15) is 13.6 Å². The second-order valence-corrected chi connectivity index (χ2v) is 4.69. The van der Waals surface area contributed by atoms with Crippen molar-refractivity contribution in [3.8, 4) is 0 Å². The number of halogens is 2. The summed E-state index contributed by atoms with van der Waals surface area (Å²) in [7, 11) is 1.55. The summed E-state index contributed by atoms with van der Waals surface area (Å²) in [5, 5.41) is 5.64. The van der Waals surface area contributed by atoms with Crippen molar-refractivity contribution in [1.29, 1.82) is 0 Å². The molecule has 1 atom stereocenters. The van der Waals surface area contributed by atoms with Crippen LogP contribution >= 0.6 is 0 Å². The lowest BCUT2D eigenvalue weighted by molar-refractivity contribution is 0.0963. The van der Waals surface area contributed by atoms with Crippen molar-refractivity contribution in [2.45, 2.75) is 13.0 Å². The monoisotopic (exact) mass is 290 g/mol. The van der Waals surface area contributed by atoms with Crippen LogP contribution in [0.4, 0.5) is 14.5 Å². The zero-order valence-corrected chi connectivity index (χ0v) is 11.8. The molecule has 0 aliphatic heterocycles. The summed E-state index contributed by atoms with van der Waals surface area (Å²) in [6.07, 6.45) is 0. The number of rotatable bonds is 4. The molecule has 1 unspecified atom stereocenters. The number of hydrogen-bond donors (Lipinski definition) is 2. The standard InChI is InChI=1S/C16H16F2N2O/c1-10(14-7-6-12(17)9-15(14)18)20-13-5-3-4-11(8-13)16(21)19-2/h3-10,20H,1-2H3,(H,19,21). The van der Waals surface area contributed by atoms with Crippen LogP contribution in [0.15, 0.2) is 42.5 Å². The Balaban J connectivity index is 2.19. The normalized spacial score (nSPS) is 11.8. The van der Waals surface area contributed by atoms with Gasteiger partial charge in [-0.1, -0.05) is 12.1 Å².